The second kappa shape index (κ2) is 4.62. The summed E-state index contributed by atoms with van der Waals surface area (Å²) in [4.78, 5) is 6.65. The molecule has 0 saturated carbocycles. The van der Waals surface area contributed by atoms with Crippen LogP contribution in [0.1, 0.15) is 38.6 Å². The third-order valence-corrected chi connectivity index (χ3v) is 2.98. The molecule has 80 valence electrons. The van der Waals surface area contributed by atoms with Crippen molar-refractivity contribution in [3.8, 4) is 0 Å². The van der Waals surface area contributed by atoms with Crippen LogP contribution in [0.2, 0.25) is 4.34 Å². The van der Waals surface area contributed by atoms with Gasteiger partial charge >= 0.3 is 0 Å². The first-order valence-corrected chi connectivity index (χ1v) is 5.77. The van der Waals surface area contributed by atoms with Crippen LogP contribution < -0.4 is 5.48 Å². The van der Waals surface area contributed by atoms with Gasteiger partial charge in [-0.05, 0) is 39.8 Å². The maximum Gasteiger partial charge on any atom is 0.0931 e. The Kier molecular flexibility index (Phi) is 3.95. The molecule has 1 N–H and O–H groups in total. The summed E-state index contributed by atoms with van der Waals surface area (Å²) in [6.45, 7) is 8.07. The zero-order valence-corrected chi connectivity index (χ0v) is 10.5. The molecule has 0 bridgehead atoms. The van der Waals surface area contributed by atoms with Crippen LogP contribution in [-0.4, -0.2) is 5.60 Å². The molecular formula is C10H16ClNOS. The van der Waals surface area contributed by atoms with Crippen molar-refractivity contribution < 1.29 is 4.84 Å². The Balaban J connectivity index is 2.47. The third kappa shape index (κ3) is 3.96. The molecule has 0 saturated heterocycles. The molecule has 4 heteroatoms. The van der Waals surface area contributed by atoms with Gasteiger partial charge in [-0.25, -0.2) is 0 Å². The molecule has 0 aromatic carbocycles. The highest BCUT2D eigenvalue weighted by atomic mass is 35.5. The van der Waals surface area contributed by atoms with Crippen molar-refractivity contribution in [2.24, 2.45) is 0 Å². The van der Waals surface area contributed by atoms with Crippen molar-refractivity contribution in [3.63, 3.8) is 0 Å². The molecule has 0 fully saturated rings. The predicted octanol–water partition coefficient (Wildman–Crippen LogP) is 3.78. The Morgan fingerprint density at radius 3 is 2.50 bits per heavy atom. The molecule has 0 aliphatic heterocycles. The van der Waals surface area contributed by atoms with Crippen LogP contribution >= 0.6 is 22.9 Å². The molecular weight excluding hydrogens is 218 g/mol. The monoisotopic (exact) mass is 233 g/mol. The summed E-state index contributed by atoms with van der Waals surface area (Å²) < 4.78 is 0.810. The van der Waals surface area contributed by atoms with Gasteiger partial charge < -0.3 is 0 Å². The fraction of sp³-hybridized carbons (Fsp3) is 0.600. The van der Waals surface area contributed by atoms with E-state index in [1.54, 1.807) is 11.3 Å². The van der Waals surface area contributed by atoms with Gasteiger partial charge in [0.05, 0.1) is 16.0 Å². The standard InChI is InChI=1S/C10H16ClNOS/c1-7(12-13-10(2,3)4)8-5-6-9(11)14-8/h5-7,12H,1-4H3. The van der Waals surface area contributed by atoms with Gasteiger partial charge in [-0.1, -0.05) is 11.6 Å². The van der Waals surface area contributed by atoms with E-state index in [-0.39, 0.29) is 11.6 Å². The second-order valence-electron chi connectivity index (χ2n) is 4.20. The summed E-state index contributed by atoms with van der Waals surface area (Å²) in [6.07, 6.45) is 0. The lowest BCUT2D eigenvalue weighted by Crippen LogP contribution is -2.30. The molecule has 1 rings (SSSR count). The summed E-state index contributed by atoms with van der Waals surface area (Å²) in [5, 5.41) is 0. The molecule has 0 aliphatic carbocycles. The Bertz CT molecular complexity index is 293. The number of nitrogens with one attached hydrogen (secondary N) is 1. The van der Waals surface area contributed by atoms with E-state index < -0.39 is 0 Å². The van der Waals surface area contributed by atoms with E-state index in [4.69, 9.17) is 16.4 Å². The number of thiophene rings is 1. The van der Waals surface area contributed by atoms with E-state index in [0.717, 1.165) is 4.34 Å². The van der Waals surface area contributed by atoms with Crippen LogP contribution in [-0.2, 0) is 4.84 Å². The van der Waals surface area contributed by atoms with Gasteiger partial charge in [0.1, 0.15) is 0 Å². The lowest BCUT2D eigenvalue weighted by molar-refractivity contribution is -0.0861. The summed E-state index contributed by atoms with van der Waals surface area (Å²) in [6, 6.07) is 4.08. The average molecular weight is 234 g/mol. The minimum absolute atomic E-state index is 0.171. The van der Waals surface area contributed by atoms with Crippen molar-refractivity contribution in [2.45, 2.75) is 39.3 Å². The maximum atomic E-state index is 5.84. The highest BCUT2D eigenvalue weighted by Gasteiger charge is 2.14. The lowest BCUT2D eigenvalue weighted by atomic mass is 10.2. The normalized spacial score (nSPS) is 14.4. The first kappa shape index (κ1) is 12.0. The second-order valence-corrected chi connectivity index (χ2v) is 5.94. The fourth-order valence-electron chi connectivity index (χ4n) is 0.884. The molecule has 2 nitrogen and oxygen atoms in total. The van der Waals surface area contributed by atoms with E-state index in [9.17, 15) is 0 Å². The minimum atomic E-state index is -0.171. The van der Waals surface area contributed by atoms with Crippen molar-refractivity contribution in [2.75, 3.05) is 0 Å². The fourth-order valence-corrected chi connectivity index (χ4v) is 1.94. The van der Waals surface area contributed by atoms with Gasteiger partial charge in [0.2, 0.25) is 0 Å². The van der Waals surface area contributed by atoms with Gasteiger partial charge in [-0.15, -0.1) is 11.3 Å². The van der Waals surface area contributed by atoms with Crippen molar-refractivity contribution in [3.05, 3.63) is 21.3 Å². The number of halogens is 1. The maximum absolute atomic E-state index is 5.84. The van der Waals surface area contributed by atoms with E-state index in [1.807, 2.05) is 39.8 Å². The number of rotatable bonds is 3. The van der Waals surface area contributed by atoms with E-state index >= 15 is 0 Å². The van der Waals surface area contributed by atoms with Crippen LogP contribution in [0, 0.1) is 0 Å². The number of hydrogen-bond donors (Lipinski definition) is 1. The van der Waals surface area contributed by atoms with E-state index in [1.165, 1.54) is 4.88 Å². The minimum Gasteiger partial charge on any atom is -0.295 e. The van der Waals surface area contributed by atoms with Crippen LogP contribution in [0.15, 0.2) is 12.1 Å². The first-order valence-electron chi connectivity index (χ1n) is 4.57. The number of hydrogen-bond acceptors (Lipinski definition) is 3. The molecule has 0 amide bonds. The van der Waals surface area contributed by atoms with Gasteiger partial charge in [0.25, 0.3) is 0 Å². The van der Waals surface area contributed by atoms with Gasteiger partial charge in [0.15, 0.2) is 0 Å². The molecule has 1 aromatic rings. The highest BCUT2D eigenvalue weighted by molar-refractivity contribution is 7.16. The van der Waals surface area contributed by atoms with E-state index in [0.29, 0.717) is 0 Å². The Morgan fingerprint density at radius 2 is 2.07 bits per heavy atom. The SMILES string of the molecule is CC(NOC(C)(C)C)c1ccc(Cl)s1. The summed E-state index contributed by atoms with van der Waals surface area (Å²) in [5.41, 5.74) is 2.83. The Hall–Kier alpha value is -0.0900. The smallest absolute Gasteiger partial charge is 0.0931 e. The highest BCUT2D eigenvalue weighted by Crippen LogP contribution is 2.26. The molecule has 0 radical (unpaired) electrons. The van der Waals surface area contributed by atoms with Crippen LogP contribution in [0.4, 0.5) is 0 Å². The lowest BCUT2D eigenvalue weighted by Gasteiger charge is -2.22. The Morgan fingerprint density at radius 1 is 1.43 bits per heavy atom. The van der Waals surface area contributed by atoms with Gasteiger partial charge in [0, 0.05) is 4.88 Å². The largest absolute Gasteiger partial charge is 0.295 e. The molecule has 14 heavy (non-hydrogen) atoms. The Labute approximate surface area is 94.2 Å². The average Bonchev–Trinajstić information content (AvgIpc) is 2.46. The molecule has 1 unspecified atom stereocenters. The third-order valence-electron chi connectivity index (χ3n) is 1.56. The summed E-state index contributed by atoms with van der Waals surface area (Å²) >= 11 is 7.41. The predicted molar refractivity (Wildman–Crippen MR) is 61.7 cm³/mol. The van der Waals surface area contributed by atoms with Crippen molar-refractivity contribution in [1.82, 2.24) is 5.48 Å². The number of hydroxylamine groups is 1. The van der Waals surface area contributed by atoms with Gasteiger partial charge in [-0.3, -0.25) is 4.84 Å². The van der Waals surface area contributed by atoms with E-state index in [2.05, 4.69) is 5.48 Å². The molecule has 1 aromatic heterocycles. The quantitative estimate of drug-likeness (QED) is 0.803. The first-order chi connectivity index (χ1) is 6.38. The van der Waals surface area contributed by atoms with Gasteiger partial charge in [-0.2, -0.15) is 5.48 Å². The molecule has 0 spiro atoms. The van der Waals surface area contributed by atoms with Crippen LogP contribution in [0.25, 0.3) is 0 Å². The summed E-state index contributed by atoms with van der Waals surface area (Å²) in [7, 11) is 0. The van der Waals surface area contributed by atoms with Crippen molar-refractivity contribution >= 4 is 22.9 Å². The zero-order chi connectivity index (χ0) is 10.8. The molecule has 0 aliphatic rings. The zero-order valence-electron chi connectivity index (χ0n) is 8.93. The van der Waals surface area contributed by atoms with Crippen LogP contribution in [0.3, 0.4) is 0 Å². The molecule has 1 atom stereocenters. The topological polar surface area (TPSA) is 21.3 Å². The van der Waals surface area contributed by atoms with Crippen molar-refractivity contribution in [1.29, 1.82) is 0 Å². The molecule has 1 heterocycles. The summed E-state index contributed by atoms with van der Waals surface area (Å²) in [5.74, 6) is 0. The van der Waals surface area contributed by atoms with Crippen LogP contribution in [0.5, 0.6) is 0 Å².